The molecule has 3 heteroatoms. The van der Waals surface area contributed by atoms with E-state index in [1.54, 1.807) is 6.08 Å². The highest BCUT2D eigenvalue weighted by Gasteiger charge is 2.12. The smallest absolute Gasteiger partial charge is 0.189 e. The van der Waals surface area contributed by atoms with Crippen LogP contribution in [-0.2, 0) is 7.05 Å². The summed E-state index contributed by atoms with van der Waals surface area (Å²) >= 11 is 0. The molecular formula is C16H18N2O. The highest BCUT2D eigenvalue weighted by molar-refractivity contribution is 6.13. The van der Waals surface area contributed by atoms with Crippen LogP contribution in [-0.4, -0.2) is 28.3 Å². The summed E-state index contributed by atoms with van der Waals surface area (Å²) < 4.78 is 2.01. The molecule has 0 saturated carbocycles. The summed E-state index contributed by atoms with van der Waals surface area (Å²) in [6, 6.07) is 8.02. The fourth-order valence-corrected chi connectivity index (χ4v) is 2.69. The summed E-state index contributed by atoms with van der Waals surface area (Å²) in [6.07, 6.45) is 8.02. The zero-order valence-electron chi connectivity index (χ0n) is 11.2. The lowest BCUT2D eigenvalue weighted by Crippen LogP contribution is -2.11. The Kier molecular flexibility index (Phi) is 3.11. The molecule has 0 bridgehead atoms. The Labute approximate surface area is 113 Å². The van der Waals surface area contributed by atoms with Crippen LogP contribution < -0.4 is 0 Å². The Morgan fingerprint density at radius 2 is 1.95 bits per heavy atom. The Balaban J connectivity index is 1.89. The predicted octanol–water partition coefficient (Wildman–Crippen LogP) is 2.97. The molecule has 0 N–H and O–H groups in total. The second-order valence-corrected chi connectivity index (χ2v) is 5.09. The number of hydrogen-bond acceptors (Lipinski definition) is 2. The van der Waals surface area contributed by atoms with Gasteiger partial charge in [-0.3, -0.25) is 4.79 Å². The van der Waals surface area contributed by atoms with Crippen LogP contribution in [0.5, 0.6) is 0 Å². The Bertz CT molecular complexity index is 633. The highest BCUT2D eigenvalue weighted by Crippen LogP contribution is 2.21. The van der Waals surface area contributed by atoms with E-state index in [4.69, 9.17) is 0 Å². The lowest BCUT2D eigenvalue weighted by atomic mass is 10.1. The SMILES string of the molecule is Cn1cc(C(=O)/C=C/N2CCCC2)c2ccccc21. The van der Waals surface area contributed by atoms with Crippen molar-refractivity contribution >= 4 is 16.7 Å². The number of carbonyl (C=O) groups is 1. The van der Waals surface area contributed by atoms with Gasteiger partial charge >= 0.3 is 0 Å². The van der Waals surface area contributed by atoms with Crippen molar-refractivity contribution in [3.8, 4) is 0 Å². The summed E-state index contributed by atoms with van der Waals surface area (Å²) in [4.78, 5) is 14.5. The van der Waals surface area contributed by atoms with Crippen molar-refractivity contribution < 1.29 is 4.79 Å². The van der Waals surface area contributed by atoms with Crippen molar-refractivity contribution in [2.45, 2.75) is 12.8 Å². The van der Waals surface area contributed by atoms with Crippen LogP contribution in [0.2, 0.25) is 0 Å². The Morgan fingerprint density at radius 1 is 1.21 bits per heavy atom. The van der Waals surface area contributed by atoms with E-state index in [1.165, 1.54) is 12.8 Å². The van der Waals surface area contributed by atoms with E-state index in [-0.39, 0.29) is 5.78 Å². The van der Waals surface area contributed by atoms with Gasteiger partial charge in [0.2, 0.25) is 0 Å². The van der Waals surface area contributed by atoms with Crippen molar-refractivity contribution in [3.63, 3.8) is 0 Å². The van der Waals surface area contributed by atoms with Crippen LogP contribution in [0.15, 0.2) is 42.7 Å². The monoisotopic (exact) mass is 254 g/mol. The molecule has 0 atom stereocenters. The van der Waals surface area contributed by atoms with Crippen molar-refractivity contribution in [1.29, 1.82) is 0 Å². The van der Waals surface area contributed by atoms with Gasteiger partial charge in [0.1, 0.15) is 0 Å². The molecule has 2 aromatic rings. The molecule has 19 heavy (non-hydrogen) atoms. The van der Waals surface area contributed by atoms with Crippen molar-refractivity contribution in [2.75, 3.05) is 13.1 Å². The predicted molar refractivity (Wildman–Crippen MR) is 77.2 cm³/mol. The largest absolute Gasteiger partial charge is 0.377 e. The third-order valence-electron chi connectivity index (χ3n) is 3.74. The number of fused-ring (bicyclic) bond motifs is 1. The molecule has 1 aliphatic heterocycles. The first-order valence-electron chi connectivity index (χ1n) is 6.76. The molecule has 0 spiro atoms. The van der Waals surface area contributed by atoms with Gasteiger partial charge in [-0.1, -0.05) is 18.2 Å². The maximum Gasteiger partial charge on any atom is 0.189 e. The number of rotatable bonds is 3. The Hall–Kier alpha value is -2.03. The van der Waals surface area contributed by atoms with Crippen LogP contribution >= 0.6 is 0 Å². The summed E-state index contributed by atoms with van der Waals surface area (Å²) in [6.45, 7) is 2.14. The molecule has 1 saturated heterocycles. The lowest BCUT2D eigenvalue weighted by Gasteiger charge is -2.09. The van der Waals surface area contributed by atoms with Crippen molar-refractivity contribution in [1.82, 2.24) is 9.47 Å². The number of aromatic nitrogens is 1. The van der Waals surface area contributed by atoms with Gasteiger partial charge in [-0.05, 0) is 18.9 Å². The summed E-state index contributed by atoms with van der Waals surface area (Å²) in [7, 11) is 1.98. The molecule has 0 radical (unpaired) electrons. The molecule has 1 aromatic heterocycles. The average molecular weight is 254 g/mol. The maximum absolute atomic E-state index is 12.3. The van der Waals surface area contributed by atoms with E-state index >= 15 is 0 Å². The number of likely N-dealkylation sites (tertiary alicyclic amines) is 1. The fourth-order valence-electron chi connectivity index (χ4n) is 2.69. The van der Waals surface area contributed by atoms with Gasteiger partial charge < -0.3 is 9.47 Å². The summed E-state index contributed by atoms with van der Waals surface area (Å²) in [5.41, 5.74) is 1.88. The minimum absolute atomic E-state index is 0.0868. The van der Waals surface area contributed by atoms with Crippen LogP contribution in [0.4, 0.5) is 0 Å². The van der Waals surface area contributed by atoms with Gasteiger partial charge in [0.25, 0.3) is 0 Å². The number of para-hydroxylation sites is 1. The molecule has 1 aromatic carbocycles. The van der Waals surface area contributed by atoms with E-state index < -0.39 is 0 Å². The van der Waals surface area contributed by atoms with Crippen molar-refractivity contribution in [3.05, 3.63) is 48.3 Å². The second kappa shape index (κ2) is 4.92. The van der Waals surface area contributed by atoms with Crippen LogP contribution in [0.3, 0.4) is 0 Å². The molecule has 1 fully saturated rings. The first kappa shape index (κ1) is 12.0. The molecule has 2 heterocycles. The molecule has 0 amide bonds. The number of nitrogens with zero attached hydrogens (tertiary/aromatic N) is 2. The Morgan fingerprint density at radius 3 is 2.74 bits per heavy atom. The number of benzene rings is 1. The lowest BCUT2D eigenvalue weighted by molar-refractivity contribution is 0.104. The third kappa shape index (κ3) is 2.28. The van der Waals surface area contributed by atoms with Gasteiger partial charge in [0.15, 0.2) is 5.78 Å². The van der Waals surface area contributed by atoms with E-state index in [0.717, 1.165) is 29.6 Å². The molecule has 3 nitrogen and oxygen atoms in total. The van der Waals surface area contributed by atoms with Gasteiger partial charge in [-0.15, -0.1) is 0 Å². The normalized spacial score (nSPS) is 15.7. The number of ketones is 1. The minimum Gasteiger partial charge on any atom is -0.377 e. The van der Waals surface area contributed by atoms with E-state index in [0.29, 0.717) is 0 Å². The van der Waals surface area contributed by atoms with Gasteiger partial charge in [0.05, 0.1) is 0 Å². The number of aryl methyl sites for hydroxylation is 1. The van der Waals surface area contributed by atoms with Gasteiger partial charge in [0, 0.05) is 55.1 Å². The first-order valence-corrected chi connectivity index (χ1v) is 6.76. The average Bonchev–Trinajstić information content (AvgIpc) is 3.05. The van der Waals surface area contributed by atoms with Crippen LogP contribution in [0, 0.1) is 0 Å². The number of allylic oxidation sites excluding steroid dienone is 1. The molecule has 3 rings (SSSR count). The van der Waals surface area contributed by atoms with Gasteiger partial charge in [-0.2, -0.15) is 0 Å². The van der Waals surface area contributed by atoms with E-state index in [2.05, 4.69) is 4.90 Å². The van der Waals surface area contributed by atoms with Gasteiger partial charge in [-0.25, -0.2) is 0 Å². The fraction of sp³-hybridized carbons (Fsp3) is 0.312. The first-order chi connectivity index (χ1) is 9.25. The van der Waals surface area contributed by atoms with E-state index in [1.807, 2.05) is 48.3 Å². The highest BCUT2D eigenvalue weighted by atomic mass is 16.1. The molecular weight excluding hydrogens is 236 g/mol. The molecule has 1 aliphatic rings. The summed E-state index contributed by atoms with van der Waals surface area (Å²) in [5, 5.41) is 1.03. The summed E-state index contributed by atoms with van der Waals surface area (Å²) in [5.74, 6) is 0.0868. The van der Waals surface area contributed by atoms with Crippen LogP contribution in [0.1, 0.15) is 23.2 Å². The quantitative estimate of drug-likeness (QED) is 0.621. The zero-order chi connectivity index (χ0) is 13.2. The topological polar surface area (TPSA) is 25.2 Å². The molecule has 0 unspecified atom stereocenters. The third-order valence-corrected chi connectivity index (χ3v) is 3.74. The zero-order valence-corrected chi connectivity index (χ0v) is 11.2. The maximum atomic E-state index is 12.3. The van der Waals surface area contributed by atoms with Crippen molar-refractivity contribution in [2.24, 2.45) is 7.05 Å². The van der Waals surface area contributed by atoms with Crippen LogP contribution in [0.25, 0.3) is 10.9 Å². The standard InChI is InChI=1S/C16H18N2O/c1-17-12-14(13-6-2-3-7-15(13)17)16(19)8-11-18-9-4-5-10-18/h2-3,6-8,11-12H,4-5,9-10H2,1H3/b11-8+. The molecule has 98 valence electrons. The molecule has 0 aliphatic carbocycles. The number of hydrogen-bond donors (Lipinski definition) is 0. The minimum atomic E-state index is 0.0868. The van der Waals surface area contributed by atoms with E-state index in [9.17, 15) is 4.79 Å². The second-order valence-electron chi connectivity index (χ2n) is 5.09. The number of carbonyl (C=O) groups excluding carboxylic acids is 1.